The largest absolute Gasteiger partial charge is 0.477 e. The minimum atomic E-state index is -0.297. The van der Waals surface area contributed by atoms with Gasteiger partial charge in [0.1, 0.15) is 5.56 Å². The number of ether oxygens (including phenoxy) is 1. The predicted molar refractivity (Wildman–Crippen MR) is 90.7 cm³/mol. The van der Waals surface area contributed by atoms with Crippen LogP contribution in [0.1, 0.15) is 36.3 Å². The number of rotatable bonds is 8. The molecule has 6 nitrogen and oxygen atoms in total. The molecule has 0 saturated heterocycles. The number of carbonyl (C=O) groups excluding carboxylic acids is 1. The molecular formula is C18H23N3O3. The van der Waals surface area contributed by atoms with E-state index in [1.807, 2.05) is 32.0 Å². The molecule has 2 aromatic heterocycles. The van der Waals surface area contributed by atoms with Crippen molar-refractivity contribution in [2.75, 3.05) is 13.2 Å². The van der Waals surface area contributed by atoms with Gasteiger partial charge in [-0.15, -0.1) is 0 Å². The number of carbonyl (C=O) groups is 1. The molecule has 0 saturated carbocycles. The topological polar surface area (TPSA) is 75.5 Å². The average molecular weight is 329 g/mol. The molecule has 1 amide bonds. The first kappa shape index (κ1) is 17.9. The molecule has 0 aliphatic heterocycles. The normalized spacial score (nSPS) is 11.8. The van der Waals surface area contributed by atoms with Crippen LogP contribution < -0.4 is 4.74 Å². The number of aliphatic hydroxyl groups excluding tert-OH is 1. The maximum atomic E-state index is 13.1. The number of amides is 1. The zero-order valence-electron chi connectivity index (χ0n) is 14.1. The van der Waals surface area contributed by atoms with E-state index in [1.165, 1.54) is 0 Å². The van der Waals surface area contributed by atoms with Crippen LogP contribution in [0.15, 0.2) is 42.7 Å². The van der Waals surface area contributed by atoms with Crippen LogP contribution in [0.25, 0.3) is 0 Å². The second-order valence-electron chi connectivity index (χ2n) is 5.29. The quantitative estimate of drug-likeness (QED) is 0.804. The van der Waals surface area contributed by atoms with Crippen molar-refractivity contribution in [1.29, 1.82) is 0 Å². The molecule has 128 valence electrons. The molecule has 0 spiro atoms. The van der Waals surface area contributed by atoms with Crippen molar-refractivity contribution in [1.82, 2.24) is 14.9 Å². The summed E-state index contributed by atoms with van der Waals surface area (Å²) in [6, 6.07) is 8.66. The molecule has 0 aliphatic rings. The van der Waals surface area contributed by atoms with Crippen molar-refractivity contribution in [2.24, 2.45) is 0 Å². The van der Waals surface area contributed by atoms with E-state index in [0.29, 0.717) is 31.0 Å². The minimum absolute atomic E-state index is 0.112. The lowest BCUT2D eigenvalue weighted by Crippen LogP contribution is -2.42. The Hall–Kier alpha value is -2.47. The van der Waals surface area contributed by atoms with Gasteiger partial charge in [-0.2, -0.15) is 0 Å². The summed E-state index contributed by atoms with van der Waals surface area (Å²) in [5, 5.41) is 9.68. The van der Waals surface area contributed by atoms with Gasteiger partial charge in [0.2, 0.25) is 5.88 Å². The van der Waals surface area contributed by atoms with Crippen LogP contribution >= 0.6 is 0 Å². The van der Waals surface area contributed by atoms with Gasteiger partial charge in [-0.3, -0.25) is 9.78 Å². The van der Waals surface area contributed by atoms with Crippen LogP contribution in [0.3, 0.4) is 0 Å². The Labute approximate surface area is 142 Å². The van der Waals surface area contributed by atoms with Crippen molar-refractivity contribution >= 4 is 5.91 Å². The first-order valence-electron chi connectivity index (χ1n) is 8.10. The van der Waals surface area contributed by atoms with Gasteiger partial charge in [0, 0.05) is 12.4 Å². The van der Waals surface area contributed by atoms with E-state index in [0.717, 1.165) is 5.69 Å². The van der Waals surface area contributed by atoms with Crippen molar-refractivity contribution in [3.8, 4) is 5.88 Å². The third-order valence-electron chi connectivity index (χ3n) is 3.72. The van der Waals surface area contributed by atoms with Gasteiger partial charge in [-0.05, 0) is 37.6 Å². The third kappa shape index (κ3) is 4.29. The van der Waals surface area contributed by atoms with Gasteiger partial charge in [0.15, 0.2) is 0 Å². The van der Waals surface area contributed by atoms with E-state index in [-0.39, 0.29) is 18.6 Å². The number of pyridine rings is 2. The number of nitrogens with zero attached hydrogens (tertiary/aromatic N) is 3. The van der Waals surface area contributed by atoms with Gasteiger partial charge >= 0.3 is 0 Å². The molecular weight excluding hydrogens is 306 g/mol. The van der Waals surface area contributed by atoms with Crippen LogP contribution in [0.2, 0.25) is 0 Å². The molecule has 1 unspecified atom stereocenters. The van der Waals surface area contributed by atoms with Crippen LogP contribution in [0.4, 0.5) is 0 Å². The van der Waals surface area contributed by atoms with Crippen LogP contribution in [-0.4, -0.2) is 45.1 Å². The number of hydrogen-bond donors (Lipinski definition) is 1. The lowest BCUT2D eigenvalue weighted by molar-refractivity contribution is 0.0555. The highest BCUT2D eigenvalue weighted by Crippen LogP contribution is 2.20. The molecule has 6 heteroatoms. The monoisotopic (exact) mass is 329 g/mol. The Kier molecular flexibility index (Phi) is 6.69. The minimum Gasteiger partial charge on any atom is -0.477 e. The van der Waals surface area contributed by atoms with Crippen molar-refractivity contribution in [3.05, 3.63) is 54.0 Å². The molecule has 1 atom stereocenters. The van der Waals surface area contributed by atoms with Crippen molar-refractivity contribution in [2.45, 2.75) is 32.9 Å². The van der Waals surface area contributed by atoms with E-state index >= 15 is 0 Å². The van der Waals surface area contributed by atoms with Gasteiger partial charge in [-0.25, -0.2) is 4.98 Å². The Balaban J connectivity index is 2.34. The van der Waals surface area contributed by atoms with E-state index < -0.39 is 0 Å². The zero-order chi connectivity index (χ0) is 17.4. The average Bonchev–Trinajstić information content (AvgIpc) is 2.63. The number of aliphatic hydroxyl groups is 1. The Bertz CT molecular complexity index is 645. The van der Waals surface area contributed by atoms with Crippen LogP contribution in [-0.2, 0) is 6.54 Å². The Morgan fingerprint density at radius 2 is 2.00 bits per heavy atom. The van der Waals surface area contributed by atoms with Crippen LogP contribution in [0.5, 0.6) is 5.88 Å². The fourth-order valence-corrected chi connectivity index (χ4v) is 2.44. The smallest absolute Gasteiger partial charge is 0.260 e. The summed E-state index contributed by atoms with van der Waals surface area (Å²) in [7, 11) is 0. The Morgan fingerprint density at radius 1 is 1.21 bits per heavy atom. The van der Waals surface area contributed by atoms with Crippen molar-refractivity contribution in [3.63, 3.8) is 0 Å². The third-order valence-corrected chi connectivity index (χ3v) is 3.72. The van der Waals surface area contributed by atoms with Gasteiger partial charge in [-0.1, -0.05) is 13.0 Å². The molecule has 2 rings (SSSR count). The maximum Gasteiger partial charge on any atom is 0.260 e. The van der Waals surface area contributed by atoms with E-state index in [2.05, 4.69) is 9.97 Å². The Morgan fingerprint density at radius 3 is 2.62 bits per heavy atom. The lowest BCUT2D eigenvalue weighted by atomic mass is 10.1. The lowest BCUT2D eigenvalue weighted by Gasteiger charge is -2.30. The molecule has 0 aromatic carbocycles. The maximum absolute atomic E-state index is 13.1. The van der Waals surface area contributed by atoms with E-state index in [4.69, 9.17) is 4.74 Å². The SMILES string of the molecule is CCOc1ncccc1C(=O)N(Cc1ccccn1)C(CC)CO. The first-order chi connectivity index (χ1) is 11.7. The summed E-state index contributed by atoms with van der Waals surface area (Å²) in [4.78, 5) is 23.1. The fraction of sp³-hybridized carbons (Fsp3) is 0.389. The van der Waals surface area contributed by atoms with Gasteiger partial charge in [0.25, 0.3) is 5.91 Å². The predicted octanol–water partition coefficient (Wildman–Crippen LogP) is 2.29. The summed E-state index contributed by atoms with van der Waals surface area (Å²) in [5.74, 6) is 0.0851. The molecule has 0 fully saturated rings. The summed E-state index contributed by atoms with van der Waals surface area (Å²) in [5.41, 5.74) is 1.15. The highest BCUT2D eigenvalue weighted by atomic mass is 16.5. The summed E-state index contributed by atoms with van der Waals surface area (Å²) >= 11 is 0. The second kappa shape index (κ2) is 8.98. The second-order valence-corrected chi connectivity index (χ2v) is 5.29. The highest BCUT2D eigenvalue weighted by Gasteiger charge is 2.26. The molecule has 0 radical (unpaired) electrons. The molecule has 0 bridgehead atoms. The van der Waals surface area contributed by atoms with E-state index in [1.54, 1.807) is 29.4 Å². The fourth-order valence-electron chi connectivity index (χ4n) is 2.44. The number of aromatic nitrogens is 2. The molecule has 2 heterocycles. The molecule has 1 N–H and O–H groups in total. The van der Waals surface area contributed by atoms with Crippen molar-refractivity contribution < 1.29 is 14.6 Å². The molecule has 0 aliphatic carbocycles. The summed E-state index contributed by atoms with van der Waals surface area (Å²) in [6.45, 7) is 4.41. The van der Waals surface area contributed by atoms with E-state index in [9.17, 15) is 9.90 Å². The molecule has 2 aromatic rings. The molecule has 24 heavy (non-hydrogen) atoms. The first-order valence-corrected chi connectivity index (χ1v) is 8.10. The van der Waals surface area contributed by atoms with Crippen LogP contribution in [0, 0.1) is 0 Å². The highest BCUT2D eigenvalue weighted by molar-refractivity contribution is 5.96. The van der Waals surface area contributed by atoms with Gasteiger partial charge in [0.05, 0.1) is 31.5 Å². The number of hydrogen-bond acceptors (Lipinski definition) is 5. The summed E-state index contributed by atoms with van der Waals surface area (Å²) in [6.07, 6.45) is 3.92. The zero-order valence-corrected chi connectivity index (χ0v) is 14.1. The standard InChI is InChI=1S/C18H23N3O3/c1-3-15(13-22)21(12-14-8-5-6-10-19-14)18(23)16-9-7-11-20-17(16)24-4-2/h5-11,15,22H,3-4,12-13H2,1-2H3. The van der Waals surface area contributed by atoms with Gasteiger partial charge < -0.3 is 14.7 Å². The summed E-state index contributed by atoms with van der Waals surface area (Å²) < 4.78 is 5.47.